The van der Waals surface area contributed by atoms with Gasteiger partial charge in [0.05, 0.1) is 12.8 Å². The standard InChI is InChI=1S/C20H19NO3/c1-21(14-19-11-6-12-23-19)20(22)17-9-5-10-18(13-17)24-15-16-7-3-2-4-8-16/h2-13H,14-15H2,1H3. The van der Waals surface area contributed by atoms with E-state index in [4.69, 9.17) is 9.15 Å². The lowest BCUT2D eigenvalue weighted by molar-refractivity contribution is 0.0775. The molecule has 3 aromatic rings. The molecule has 0 fully saturated rings. The lowest BCUT2D eigenvalue weighted by Crippen LogP contribution is -2.25. The zero-order valence-corrected chi connectivity index (χ0v) is 13.5. The molecule has 0 aliphatic rings. The van der Waals surface area contributed by atoms with E-state index in [1.807, 2.05) is 54.6 Å². The van der Waals surface area contributed by atoms with Gasteiger partial charge in [0, 0.05) is 12.6 Å². The van der Waals surface area contributed by atoms with E-state index < -0.39 is 0 Å². The predicted octanol–water partition coefficient (Wildman–Crippen LogP) is 4.13. The summed E-state index contributed by atoms with van der Waals surface area (Å²) in [5.41, 5.74) is 1.68. The van der Waals surface area contributed by atoms with Crippen LogP contribution in [0.5, 0.6) is 5.75 Å². The van der Waals surface area contributed by atoms with Crippen LogP contribution in [-0.2, 0) is 13.2 Å². The SMILES string of the molecule is CN(Cc1ccco1)C(=O)c1cccc(OCc2ccccc2)c1. The fourth-order valence-corrected chi connectivity index (χ4v) is 2.39. The average Bonchev–Trinajstić information content (AvgIpc) is 3.13. The second kappa shape index (κ2) is 7.51. The van der Waals surface area contributed by atoms with Crippen molar-refractivity contribution in [3.8, 4) is 5.75 Å². The molecular formula is C20H19NO3. The van der Waals surface area contributed by atoms with Crippen LogP contribution in [0.4, 0.5) is 0 Å². The zero-order valence-electron chi connectivity index (χ0n) is 13.5. The first-order chi connectivity index (χ1) is 11.7. The van der Waals surface area contributed by atoms with Crippen molar-refractivity contribution in [3.63, 3.8) is 0 Å². The van der Waals surface area contributed by atoms with Crippen LogP contribution < -0.4 is 4.74 Å². The number of benzene rings is 2. The summed E-state index contributed by atoms with van der Waals surface area (Å²) < 4.78 is 11.1. The van der Waals surface area contributed by atoms with Crippen molar-refractivity contribution in [1.29, 1.82) is 0 Å². The molecule has 1 aromatic heterocycles. The quantitative estimate of drug-likeness (QED) is 0.685. The minimum absolute atomic E-state index is 0.0726. The zero-order chi connectivity index (χ0) is 16.8. The molecule has 3 rings (SSSR count). The molecule has 2 aromatic carbocycles. The summed E-state index contributed by atoms with van der Waals surface area (Å²) in [5, 5.41) is 0. The number of amides is 1. The lowest BCUT2D eigenvalue weighted by atomic mass is 10.2. The van der Waals surface area contributed by atoms with Crippen LogP contribution in [0, 0.1) is 0 Å². The lowest BCUT2D eigenvalue weighted by Gasteiger charge is -2.16. The van der Waals surface area contributed by atoms with Gasteiger partial charge in [0.2, 0.25) is 0 Å². The number of rotatable bonds is 6. The van der Waals surface area contributed by atoms with Crippen LogP contribution in [0.1, 0.15) is 21.7 Å². The van der Waals surface area contributed by atoms with Crippen molar-refractivity contribution < 1.29 is 13.9 Å². The number of ether oxygens (including phenoxy) is 1. The third-order valence-corrected chi connectivity index (χ3v) is 3.65. The van der Waals surface area contributed by atoms with Crippen molar-refractivity contribution in [3.05, 3.63) is 89.9 Å². The van der Waals surface area contributed by atoms with Gasteiger partial charge in [-0.05, 0) is 35.9 Å². The average molecular weight is 321 g/mol. The summed E-state index contributed by atoms with van der Waals surface area (Å²) in [5.74, 6) is 1.36. The molecule has 0 N–H and O–H groups in total. The first kappa shape index (κ1) is 15.9. The Labute approximate surface area is 141 Å². The molecule has 0 aliphatic carbocycles. The molecule has 0 spiro atoms. The number of carbonyl (C=O) groups is 1. The number of carbonyl (C=O) groups excluding carboxylic acids is 1. The van der Waals surface area contributed by atoms with Crippen molar-refractivity contribution in [2.24, 2.45) is 0 Å². The molecule has 0 saturated carbocycles. The number of nitrogens with zero attached hydrogens (tertiary/aromatic N) is 1. The van der Waals surface area contributed by atoms with Crippen LogP contribution in [-0.4, -0.2) is 17.9 Å². The van der Waals surface area contributed by atoms with Gasteiger partial charge in [-0.15, -0.1) is 0 Å². The Morgan fingerprint density at radius 3 is 2.62 bits per heavy atom. The largest absolute Gasteiger partial charge is 0.489 e. The maximum Gasteiger partial charge on any atom is 0.254 e. The van der Waals surface area contributed by atoms with Crippen LogP contribution in [0.2, 0.25) is 0 Å². The predicted molar refractivity (Wildman–Crippen MR) is 91.7 cm³/mol. The van der Waals surface area contributed by atoms with Gasteiger partial charge in [0.25, 0.3) is 5.91 Å². The molecule has 4 heteroatoms. The fourth-order valence-electron chi connectivity index (χ4n) is 2.39. The fraction of sp³-hybridized carbons (Fsp3) is 0.150. The summed E-state index contributed by atoms with van der Waals surface area (Å²) in [6, 6.07) is 20.8. The molecule has 0 bridgehead atoms. The molecule has 4 nitrogen and oxygen atoms in total. The summed E-state index contributed by atoms with van der Waals surface area (Å²) in [4.78, 5) is 14.1. The first-order valence-electron chi connectivity index (χ1n) is 7.77. The number of furan rings is 1. The Kier molecular flexibility index (Phi) is 4.96. The monoisotopic (exact) mass is 321 g/mol. The van der Waals surface area contributed by atoms with Crippen LogP contribution in [0.25, 0.3) is 0 Å². The van der Waals surface area contributed by atoms with E-state index in [1.165, 1.54) is 0 Å². The molecule has 0 atom stereocenters. The van der Waals surface area contributed by atoms with Crippen LogP contribution >= 0.6 is 0 Å². The third kappa shape index (κ3) is 4.04. The van der Waals surface area contributed by atoms with E-state index in [0.29, 0.717) is 24.5 Å². The second-order valence-electron chi connectivity index (χ2n) is 5.54. The van der Waals surface area contributed by atoms with Crippen LogP contribution in [0.15, 0.2) is 77.4 Å². The van der Waals surface area contributed by atoms with E-state index in [2.05, 4.69) is 0 Å². The molecule has 122 valence electrons. The van der Waals surface area contributed by atoms with E-state index in [-0.39, 0.29) is 5.91 Å². The van der Waals surface area contributed by atoms with Gasteiger partial charge in [-0.25, -0.2) is 0 Å². The molecule has 0 radical (unpaired) electrons. The maximum atomic E-state index is 12.5. The summed E-state index contributed by atoms with van der Waals surface area (Å²) in [7, 11) is 1.75. The Morgan fingerprint density at radius 2 is 1.88 bits per heavy atom. The Hall–Kier alpha value is -3.01. The van der Waals surface area contributed by atoms with Gasteiger partial charge in [0.15, 0.2) is 0 Å². The smallest absolute Gasteiger partial charge is 0.254 e. The molecule has 1 amide bonds. The van der Waals surface area contributed by atoms with E-state index in [1.54, 1.807) is 30.3 Å². The first-order valence-corrected chi connectivity index (χ1v) is 7.77. The van der Waals surface area contributed by atoms with Crippen molar-refractivity contribution >= 4 is 5.91 Å². The van der Waals surface area contributed by atoms with Crippen molar-refractivity contribution in [2.45, 2.75) is 13.2 Å². The summed E-state index contributed by atoms with van der Waals surface area (Å²) in [6.07, 6.45) is 1.60. The van der Waals surface area contributed by atoms with Gasteiger partial charge in [-0.3, -0.25) is 4.79 Å². The molecule has 0 unspecified atom stereocenters. The third-order valence-electron chi connectivity index (χ3n) is 3.65. The molecule has 0 saturated heterocycles. The van der Waals surface area contributed by atoms with E-state index in [0.717, 1.165) is 11.3 Å². The minimum atomic E-state index is -0.0726. The molecule has 24 heavy (non-hydrogen) atoms. The van der Waals surface area contributed by atoms with Gasteiger partial charge >= 0.3 is 0 Å². The Bertz CT molecular complexity index is 782. The number of hydrogen-bond acceptors (Lipinski definition) is 3. The van der Waals surface area contributed by atoms with Crippen LogP contribution in [0.3, 0.4) is 0 Å². The Morgan fingerprint density at radius 1 is 1.04 bits per heavy atom. The highest BCUT2D eigenvalue weighted by Gasteiger charge is 2.13. The highest BCUT2D eigenvalue weighted by atomic mass is 16.5. The normalized spacial score (nSPS) is 10.4. The van der Waals surface area contributed by atoms with Crippen molar-refractivity contribution in [1.82, 2.24) is 4.90 Å². The highest BCUT2D eigenvalue weighted by molar-refractivity contribution is 5.94. The van der Waals surface area contributed by atoms with E-state index in [9.17, 15) is 4.79 Å². The van der Waals surface area contributed by atoms with Crippen molar-refractivity contribution in [2.75, 3.05) is 7.05 Å². The summed E-state index contributed by atoms with van der Waals surface area (Å²) in [6.45, 7) is 0.904. The second-order valence-corrected chi connectivity index (χ2v) is 5.54. The van der Waals surface area contributed by atoms with Gasteiger partial charge < -0.3 is 14.1 Å². The molecule has 1 heterocycles. The maximum absolute atomic E-state index is 12.5. The van der Waals surface area contributed by atoms with Gasteiger partial charge in [0.1, 0.15) is 18.1 Å². The topological polar surface area (TPSA) is 42.7 Å². The minimum Gasteiger partial charge on any atom is -0.489 e. The van der Waals surface area contributed by atoms with E-state index >= 15 is 0 Å². The van der Waals surface area contributed by atoms with Gasteiger partial charge in [-0.2, -0.15) is 0 Å². The summed E-state index contributed by atoms with van der Waals surface area (Å²) >= 11 is 0. The van der Waals surface area contributed by atoms with Gasteiger partial charge in [-0.1, -0.05) is 36.4 Å². The highest BCUT2D eigenvalue weighted by Crippen LogP contribution is 2.17. The molecule has 0 aliphatic heterocycles. The molecular weight excluding hydrogens is 302 g/mol. The number of hydrogen-bond donors (Lipinski definition) is 0. The Balaban J connectivity index is 1.64.